The monoisotopic (exact) mass is 576 g/mol. The van der Waals surface area contributed by atoms with E-state index in [1.165, 1.54) is 6.92 Å². The number of fused-ring (bicyclic) bond motifs is 5. The summed E-state index contributed by atoms with van der Waals surface area (Å²) in [7, 11) is -4.68. The van der Waals surface area contributed by atoms with E-state index in [4.69, 9.17) is 4.55 Å². The van der Waals surface area contributed by atoms with E-state index in [9.17, 15) is 39.1 Å². The lowest BCUT2D eigenvalue weighted by atomic mass is 9.40. The highest BCUT2D eigenvalue weighted by atomic mass is 32.3. The van der Waals surface area contributed by atoms with Gasteiger partial charge in [0.1, 0.15) is 0 Å². The molecule has 0 radical (unpaired) electrons. The molecule has 0 saturated heterocycles. The first-order valence-electron chi connectivity index (χ1n) is 14.2. The van der Waals surface area contributed by atoms with Crippen LogP contribution in [0.1, 0.15) is 79.6 Å². The van der Waals surface area contributed by atoms with Crippen LogP contribution in [0.2, 0.25) is 0 Å². The number of aliphatic hydroxyl groups excluding tert-OH is 3. The molecule has 4 aliphatic rings. The van der Waals surface area contributed by atoms with Crippen LogP contribution in [0.5, 0.6) is 0 Å². The van der Waals surface area contributed by atoms with Crippen LogP contribution in [0.4, 0.5) is 0 Å². The third-order valence-corrected chi connectivity index (χ3v) is 12.2. The minimum absolute atomic E-state index is 0.0103. The van der Waals surface area contributed by atoms with Crippen molar-refractivity contribution in [1.29, 1.82) is 0 Å². The normalized spacial score (nSPS) is 49.5. The molecule has 0 spiro atoms. The lowest BCUT2D eigenvalue weighted by Crippen LogP contribution is -2.75. The van der Waals surface area contributed by atoms with Gasteiger partial charge in [-0.25, -0.2) is 4.18 Å². The van der Waals surface area contributed by atoms with Gasteiger partial charge in [-0.05, 0) is 62.2 Å². The summed E-state index contributed by atoms with van der Waals surface area (Å²) in [5.41, 5.74) is -5.68. The molecular weight excluding hydrogens is 528 g/mol. The molecule has 4 saturated carbocycles. The van der Waals surface area contributed by atoms with Gasteiger partial charge in [0.15, 0.2) is 0 Å². The number of allylic oxidation sites excluding steroid dienone is 1. The predicted molar refractivity (Wildman–Crippen MR) is 143 cm³/mol. The topological polar surface area (TPSA) is 185 Å². The fourth-order valence-corrected chi connectivity index (χ4v) is 9.70. The van der Waals surface area contributed by atoms with Gasteiger partial charge in [0.05, 0.1) is 41.7 Å². The van der Waals surface area contributed by atoms with Gasteiger partial charge in [-0.2, -0.15) is 8.42 Å². The molecule has 4 aliphatic carbocycles. The van der Waals surface area contributed by atoms with E-state index >= 15 is 0 Å². The van der Waals surface area contributed by atoms with Gasteiger partial charge in [0.25, 0.3) is 0 Å². The zero-order valence-corrected chi connectivity index (χ0v) is 24.5. The first-order valence-corrected chi connectivity index (χ1v) is 15.6. The SMILES string of the molecule is CC(C=CC(C)C(C)(O)COS(=O)(=O)O)C1CC(O)C2C1(C)CCC1C2(O)CC(O)C2(O)CC(O)CCC12C. The van der Waals surface area contributed by atoms with Crippen LogP contribution in [-0.4, -0.2) is 85.3 Å². The Labute approximate surface area is 232 Å². The molecule has 0 aromatic heterocycles. The second-order valence-corrected chi connectivity index (χ2v) is 15.1. The Morgan fingerprint density at radius 1 is 1.05 bits per heavy atom. The van der Waals surface area contributed by atoms with Gasteiger partial charge in [-0.15, -0.1) is 0 Å². The smallest absolute Gasteiger partial charge is 0.393 e. The Kier molecular flexibility index (Phi) is 8.01. The Balaban J connectivity index is 1.57. The summed E-state index contributed by atoms with van der Waals surface area (Å²) in [6.45, 7) is 8.56. The second kappa shape index (κ2) is 9.98. The first-order chi connectivity index (χ1) is 17.7. The molecule has 226 valence electrons. The molecule has 11 heteroatoms. The molecule has 0 aromatic rings. The highest BCUT2D eigenvalue weighted by Crippen LogP contribution is 2.70. The van der Waals surface area contributed by atoms with E-state index in [2.05, 4.69) is 11.1 Å². The Morgan fingerprint density at radius 3 is 2.31 bits per heavy atom. The molecule has 10 nitrogen and oxygen atoms in total. The summed E-state index contributed by atoms with van der Waals surface area (Å²) in [5.74, 6) is -1.41. The lowest BCUT2D eigenvalue weighted by Gasteiger charge is -2.68. The quantitative estimate of drug-likeness (QED) is 0.173. The van der Waals surface area contributed by atoms with Crippen molar-refractivity contribution in [3.63, 3.8) is 0 Å². The molecular formula is C28H48O10S. The van der Waals surface area contributed by atoms with Gasteiger partial charge in [0, 0.05) is 30.1 Å². The van der Waals surface area contributed by atoms with Crippen LogP contribution in [-0.2, 0) is 14.6 Å². The van der Waals surface area contributed by atoms with Gasteiger partial charge >= 0.3 is 10.4 Å². The molecule has 7 N–H and O–H groups in total. The van der Waals surface area contributed by atoms with Gasteiger partial charge in [-0.1, -0.05) is 39.8 Å². The van der Waals surface area contributed by atoms with Crippen molar-refractivity contribution in [2.75, 3.05) is 6.61 Å². The van der Waals surface area contributed by atoms with E-state index in [1.54, 1.807) is 13.0 Å². The molecule has 13 unspecified atom stereocenters. The van der Waals surface area contributed by atoms with Crippen LogP contribution in [0, 0.1) is 40.4 Å². The number of hydrogen-bond acceptors (Lipinski definition) is 9. The maximum Gasteiger partial charge on any atom is 0.397 e. The van der Waals surface area contributed by atoms with E-state index < -0.39 is 74.8 Å². The Morgan fingerprint density at radius 2 is 1.69 bits per heavy atom. The maximum atomic E-state index is 12.4. The predicted octanol–water partition coefficient (Wildman–Crippen LogP) is 1.58. The molecule has 4 rings (SSSR count). The van der Waals surface area contributed by atoms with Crippen molar-refractivity contribution < 1.29 is 47.8 Å². The largest absolute Gasteiger partial charge is 0.397 e. The number of aliphatic hydroxyl groups is 6. The van der Waals surface area contributed by atoms with Crippen LogP contribution in [0.25, 0.3) is 0 Å². The lowest BCUT2D eigenvalue weighted by molar-refractivity contribution is -0.315. The van der Waals surface area contributed by atoms with Crippen molar-refractivity contribution >= 4 is 10.4 Å². The molecule has 0 bridgehead atoms. The fraction of sp³-hybridized carbons (Fsp3) is 0.929. The number of hydrogen-bond donors (Lipinski definition) is 7. The van der Waals surface area contributed by atoms with Crippen molar-refractivity contribution in [2.45, 2.75) is 115 Å². The van der Waals surface area contributed by atoms with E-state index in [-0.39, 0.29) is 30.6 Å². The summed E-state index contributed by atoms with van der Waals surface area (Å²) in [6.07, 6.45) is 3.78. The van der Waals surface area contributed by atoms with Crippen LogP contribution < -0.4 is 0 Å². The zero-order chi connectivity index (χ0) is 29.4. The summed E-state index contributed by atoms with van der Waals surface area (Å²) >= 11 is 0. The average Bonchev–Trinajstić information content (AvgIpc) is 3.09. The standard InChI is InChI=1S/C28H48O10S/c1-16(6-7-17(2)26(5,32)15-38-39(35,36)37)19-12-20(30)23-24(19,3)10-9-21-25(4)11-8-18(29)13-28(25,34)22(31)14-27(21,23)33/h6-7,16-23,29-34H,8-15H2,1-5H3,(H,35,36,37). The van der Waals surface area contributed by atoms with E-state index in [0.717, 1.165) is 6.42 Å². The summed E-state index contributed by atoms with van der Waals surface area (Å²) in [6, 6.07) is 0. The highest BCUT2D eigenvalue weighted by Gasteiger charge is 2.74. The minimum Gasteiger partial charge on any atom is -0.393 e. The Hall–Kier alpha value is -0.630. The zero-order valence-electron chi connectivity index (χ0n) is 23.7. The van der Waals surface area contributed by atoms with Gasteiger partial charge in [0.2, 0.25) is 0 Å². The van der Waals surface area contributed by atoms with Gasteiger partial charge in [-0.3, -0.25) is 4.55 Å². The first kappa shape index (κ1) is 31.3. The van der Waals surface area contributed by atoms with Crippen LogP contribution in [0.3, 0.4) is 0 Å². The van der Waals surface area contributed by atoms with Crippen LogP contribution in [0.15, 0.2) is 12.2 Å². The van der Waals surface area contributed by atoms with Crippen molar-refractivity contribution in [2.24, 2.45) is 40.4 Å². The third kappa shape index (κ3) is 5.03. The molecule has 0 heterocycles. The fourth-order valence-electron chi connectivity index (χ4n) is 9.31. The van der Waals surface area contributed by atoms with Crippen molar-refractivity contribution in [3.05, 3.63) is 12.2 Å². The second-order valence-electron chi connectivity index (χ2n) is 14.0. The van der Waals surface area contributed by atoms with E-state index in [1.807, 2.05) is 19.9 Å². The van der Waals surface area contributed by atoms with E-state index in [0.29, 0.717) is 25.7 Å². The maximum absolute atomic E-state index is 12.4. The third-order valence-electron chi connectivity index (χ3n) is 11.7. The van der Waals surface area contributed by atoms with Crippen LogP contribution >= 0.6 is 0 Å². The molecule has 0 aromatic carbocycles. The molecule has 4 fully saturated rings. The summed E-state index contributed by atoms with van der Waals surface area (Å²) < 4.78 is 35.1. The minimum atomic E-state index is -4.68. The van der Waals surface area contributed by atoms with Crippen molar-refractivity contribution in [1.82, 2.24) is 0 Å². The van der Waals surface area contributed by atoms with Crippen molar-refractivity contribution in [3.8, 4) is 0 Å². The molecule has 39 heavy (non-hydrogen) atoms. The molecule has 13 atom stereocenters. The Bertz CT molecular complexity index is 1060. The molecule has 0 aliphatic heterocycles. The molecule has 0 amide bonds. The summed E-state index contributed by atoms with van der Waals surface area (Å²) in [5, 5.41) is 67.7. The van der Waals surface area contributed by atoms with Gasteiger partial charge < -0.3 is 30.6 Å². The average molecular weight is 577 g/mol. The summed E-state index contributed by atoms with van der Waals surface area (Å²) in [4.78, 5) is 0. The highest BCUT2D eigenvalue weighted by molar-refractivity contribution is 7.80. The number of rotatable bonds is 7.